The Morgan fingerprint density at radius 3 is 2.35 bits per heavy atom. The summed E-state index contributed by atoms with van der Waals surface area (Å²) in [4.78, 5) is 41.1. The van der Waals surface area contributed by atoms with Crippen molar-refractivity contribution in [2.45, 2.75) is 91.4 Å². The van der Waals surface area contributed by atoms with Crippen molar-refractivity contribution in [1.29, 1.82) is 0 Å². The Kier molecular flexibility index (Phi) is 10.8. The largest absolute Gasteiger partial charge is 0.481 e. The fourth-order valence-corrected chi connectivity index (χ4v) is 7.86. The van der Waals surface area contributed by atoms with E-state index < -0.39 is 36.5 Å². The Hall–Kier alpha value is -3.93. The molecule has 1 aliphatic heterocycles. The standard InChI is InChI=1S/C38H52BN5O5/c1-9-29(25(5)44(40)28-13-11-10-12-14-28)35(46)42-30(22-41-34(45)26-17-15-24(4)16-18-26)36(47)43-33(19-23(2)3)39-48-32-21-27-20-31(37(27,6)7)38(32,8)49-39/h9-18,23,27,30-33H,1,19-22,40H2,2-8H3,(H,41,45)(H,42,46)(H,43,47)/b29-25+/t27-,30-,31-,32+,33-,38-/m0/s1. The van der Waals surface area contributed by atoms with E-state index in [-0.39, 0.29) is 35.5 Å². The first-order valence-corrected chi connectivity index (χ1v) is 17.4. The summed E-state index contributed by atoms with van der Waals surface area (Å²) in [6, 6.07) is 15.2. The highest BCUT2D eigenvalue weighted by Crippen LogP contribution is 2.65. The molecule has 2 bridgehead atoms. The molecular weight excluding hydrogens is 617 g/mol. The Bertz CT molecular complexity index is 1580. The van der Waals surface area contributed by atoms with Gasteiger partial charge in [0.25, 0.3) is 11.8 Å². The molecule has 0 radical (unpaired) electrons. The molecule has 0 unspecified atom stereocenters. The van der Waals surface area contributed by atoms with Gasteiger partial charge in [0.1, 0.15) is 6.04 Å². The lowest BCUT2D eigenvalue weighted by Crippen LogP contribution is -2.65. The van der Waals surface area contributed by atoms with Crippen LogP contribution in [0.25, 0.3) is 0 Å². The first kappa shape index (κ1) is 36.4. The maximum absolute atomic E-state index is 14.2. The van der Waals surface area contributed by atoms with Crippen molar-refractivity contribution < 1.29 is 23.7 Å². The van der Waals surface area contributed by atoms with Crippen LogP contribution in [0.1, 0.15) is 76.7 Å². The number of aryl methyl sites for hydroxylation is 1. The van der Waals surface area contributed by atoms with Crippen LogP contribution >= 0.6 is 0 Å². The molecule has 4 fully saturated rings. The fraction of sp³-hybridized carbons (Fsp3) is 0.500. The second-order valence-electron chi connectivity index (χ2n) is 15.1. The summed E-state index contributed by atoms with van der Waals surface area (Å²) in [6.07, 6.45) is 4.01. The molecule has 11 heteroatoms. The number of hydrogen-bond donors (Lipinski definition) is 4. The maximum Gasteiger partial charge on any atom is 0.481 e. The molecule has 262 valence electrons. The van der Waals surface area contributed by atoms with E-state index in [4.69, 9.17) is 15.2 Å². The molecule has 3 saturated carbocycles. The number of rotatable bonds is 13. The van der Waals surface area contributed by atoms with Gasteiger partial charge in [-0.2, -0.15) is 0 Å². The monoisotopic (exact) mass is 669 g/mol. The molecule has 6 rings (SSSR count). The summed E-state index contributed by atoms with van der Waals surface area (Å²) in [5, 5.41) is 10.2. The van der Waals surface area contributed by atoms with Crippen LogP contribution in [0.2, 0.25) is 0 Å². The number of hydrogen-bond acceptors (Lipinski definition) is 7. The second kappa shape index (κ2) is 14.5. The summed E-state index contributed by atoms with van der Waals surface area (Å²) in [5.41, 5.74) is 2.51. The number of carbonyl (C=O) groups excluding carboxylic acids is 3. The summed E-state index contributed by atoms with van der Waals surface area (Å²) in [5.74, 6) is 5.70. The van der Waals surface area contributed by atoms with E-state index in [1.807, 2.05) is 49.4 Å². The van der Waals surface area contributed by atoms with Crippen molar-refractivity contribution in [2.24, 2.45) is 29.0 Å². The molecule has 1 saturated heterocycles. The topological polar surface area (TPSA) is 135 Å². The van der Waals surface area contributed by atoms with Crippen molar-refractivity contribution >= 4 is 30.5 Å². The van der Waals surface area contributed by atoms with Crippen LogP contribution in [0, 0.1) is 30.1 Å². The Balaban J connectivity index is 1.37. The number of hydrazine groups is 1. The first-order chi connectivity index (χ1) is 23.1. The Morgan fingerprint density at radius 2 is 1.73 bits per heavy atom. The van der Waals surface area contributed by atoms with Gasteiger partial charge < -0.3 is 25.3 Å². The number of para-hydroxylation sites is 1. The van der Waals surface area contributed by atoms with Crippen LogP contribution in [-0.4, -0.2) is 55.1 Å². The summed E-state index contributed by atoms with van der Waals surface area (Å²) >= 11 is 0. The first-order valence-electron chi connectivity index (χ1n) is 17.4. The van der Waals surface area contributed by atoms with E-state index in [0.717, 1.165) is 18.4 Å². The van der Waals surface area contributed by atoms with Crippen molar-refractivity contribution in [3.63, 3.8) is 0 Å². The molecule has 10 nitrogen and oxygen atoms in total. The number of anilines is 1. The van der Waals surface area contributed by atoms with Gasteiger partial charge in [-0.05, 0) is 87.5 Å². The van der Waals surface area contributed by atoms with E-state index in [2.05, 4.69) is 57.1 Å². The zero-order valence-electron chi connectivity index (χ0n) is 29.9. The van der Waals surface area contributed by atoms with Crippen LogP contribution in [0.3, 0.4) is 0 Å². The quantitative estimate of drug-likeness (QED) is 0.0788. The summed E-state index contributed by atoms with van der Waals surface area (Å²) in [7, 11) is -0.641. The molecule has 0 spiro atoms. The number of nitrogens with two attached hydrogens (primary N) is 1. The smallest absolute Gasteiger partial charge is 0.404 e. The molecule has 49 heavy (non-hydrogen) atoms. The number of allylic oxidation sites excluding steroid dienone is 1. The predicted molar refractivity (Wildman–Crippen MR) is 193 cm³/mol. The van der Waals surface area contributed by atoms with Crippen molar-refractivity contribution in [2.75, 3.05) is 11.6 Å². The average molecular weight is 670 g/mol. The SMILES string of the molecule is C=C/C(C(=O)N[C@@H](CNC(=O)c1ccc(C)cc1)C(=O)N[C@@H](CC(C)C)B1O[C@@H]2C[C@@H]3C[C@@H](C3(C)C)[C@]2(C)O1)=C(/C)N(N)c1ccccc1. The molecule has 6 atom stereocenters. The number of nitrogens with zero attached hydrogens (tertiary/aromatic N) is 1. The molecule has 0 aromatic heterocycles. The van der Waals surface area contributed by atoms with Gasteiger partial charge >= 0.3 is 7.12 Å². The van der Waals surface area contributed by atoms with Gasteiger partial charge in [-0.25, -0.2) is 5.84 Å². The molecule has 2 aromatic rings. The third-order valence-electron chi connectivity index (χ3n) is 11.0. The summed E-state index contributed by atoms with van der Waals surface area (Å²) < 4.78 is 13.3. The normalized spacial score (nSPS) is 25.2. The predicted octanol–water partition coefficient (Wildman–Crippen LogP) is 4.85. The van der Waals surface area contributed by atoms with Gasteiger partial charge in [0, 0.05) is 17.8 Å². The number of nitrogens with one attached hydrogen (secondary N) is 3. The minimum atomic E-state index is -1.13. The minimum absolute atomic E-state index is 0.0442. The number of benzene rings is 2. The Labute approximate surface area is 291 Å². The zero-order valence-corrected chi connectivity index (χ0v) is 29.9. The van der Waals surface area contributed by atoms with Crippen LogP contribution in [0.5, 0.6) is 0 Å². The van der Waals surface area contributed by atoms with E-state index >= 15 is 0 Å². The third kappa shape index (κ3) is 7.49. The van der Waals surface area contributed by atoms with Crippen LogP contribution in [0.15, 0.2) is 78.5 Å². The van der Waals surface area contributed by atoms with Gasteiger partial charge in [0.2, 0.25) is 5.91 Å². The molecule has 4 aliphatic rings. The number of carbonyl (C=O) groups is 3. The lowest BCUT2D eigenvalue weighted by atomic mass is 9.43. The van der Waals surface area contributed by atoms with Crippen LogP contribution < -0.4 is 26.8 Å². The third-order valence-corrected chi connectivity index (χ3v) is 11.0. The van der Waals surface area contributed by atoms with Gasteiger partial charge in [-0.3, -0.25) is 19.4 Å². The maximum atomic E-state index is 14.2. The van der Waals surface area contributed by atoms with E-state index in [1.54, 1.807) is 19.1 Å². The lowest BCUT2D eigenvalue weighted by molar-refractivity contribution is -0.199. The molecule has 1 heterocycles. The molecule has 2 aromatic carbocycles. The highest BCUT2D eigenvalue weighted by atomic mass is 16.7. The van der Waals surface area contributed by atoms with E-state index in [0.29, 0.717) is 35.2 Å². The van der Waals surface area contributed by atoms with Gasteiger partial charge in [0.05, 0.1) is 28.9 Å². The zero-order chi connectivity index (χ0) is 35.7. The lowest BCUT2D eigenvalue weighted by Gasteiger charge is -2.64. The second-order valence-corrected chi connectivity index (χ2v) is 15.1. The van der Waals surface area contributed by atoms with Gasteiger partial charge in [-0.15, -0.1) is 0 Å². The fourth-order valence-electron chi connectivity index (χ4n) is 7.86. The molecule has 3 aliphatic carbocycles. The van der Waals surface area contributed by atoms with Gasteiger partial charge in [-0.1, -0.05) is 76.2 Å². The number of amides is 3. The minimum Gasteiger partial charge on any atom is -0.404 e. The van der Waals surface area contributed by atoms with Crippen LogP contribution in [0.4, 0.5) is 5.69 Å². The van der Waals surface area contributed by atoms with E-state index in [9.17, 15) is 14.4 Å². The summed E-state index contributed by atoms with van der Waals surface area (Å²) in [6.45, 7) is 18.3. The van der Waals surface area contributed by atoms with Crippen molar-refractivity contribution in [3.8, 4) is 0 Å². The Morgan fingerprint density at radius 1 is 1.06 bits per heavy atom. The van der Waals surface area contributed by atoms with Crippen molar-refractivity contribution in [1.82, 2.24) is 16.0 Å². The van der Waals surface area contributed by atoms with Gasteiger partial charge in [0.15, 0.2) is 0 Å². The average Bonchev–Trinajstić information content (AvgIpc) is 3.43. The highest BCUT2D eigenvalue weighted by molar-refractivity contribution is 6.48. The highest BCUT2D eigenvalue weighted by Gasteiger charge is 2.68. The molecular formula is C38H52BN5O5. The van der Waals surface area contributed by atoms with Crippen molar-refractivity contribution in [3.05, 3.63) is 89.6 Å². The van der Waals surface area contributed by atoms with E-state index in [1.165, 1.54) is 11.1 Å². The molecule has 3 amide bonds. The molecule has 5 N–H and O–H groups in total. The van der Waals surface area contributed by atoms with Crippen LogP contribution in [-0.2, 0) is 18.9 Å².